The number of aliphatic hydroxyl groups is 1. The first kappa shape index (κ1) is 17.8. The van der Waals surface area contributed by atoms with E-state index in [-0.39, 0.29) is 19.2 Å². The fourth-order valence-electron chi connectivity index (χ4n) is 2.25. The zero-order chi connectivity index (χ0) is 16.8. The molecule has 2 unspecified atom stereocenters. The van der Waals surface area contributed by atoms with E-state index in [2.05, 4.69) is 5.32 Å². The molecular formula is C17H18ClF2NO2. The van der Waals surface area contributed by atoms with Crippen molar-refractivity contribution >= 4 is 11.6 Å². The second-order valence-electron chi connectivity index (χ2n) is 5.16. The van der Waals surface area contributed by atoms with Crippen LogP contribution in [0.4, 0.5) is 8.78 Å². The van der Waals surface area contributed by atoms with Crippen LogP contribution < -0.4 is 5.32 Å². The Morgan fingerprint density at radius 3 is 2.57 bits per heavy atom. The van der Waals surface area contributed by atoms with Crippen LogP contribution >= 0.6 is 11.6 Å². The summed E-state index contributed by atoms with van der Waals surface area (Å²) in [5.41, 5.74) is 1.22. The van der Waals surface area contributed by atoms with Gasteiger partial charge in [-0.05, 0) is 35.4 Å². The van der Waals surface area contributed by atoms with Crippen molar-refractivity contribution in [2.45, 2.75) is 12.1 Å². The summed E-state index contributed by atoms with van der Waals surface area (Å²) in [6.07, 6.45) is -0.779. The van der Waals surface area contributed by atoms with Crippen molar-refractivity contribution in [2.75, 3.05) is 20.3 Å². The van der Waals surface area contributed by atoms with Crippen LogP contribution in [0.5, 0.6) is 0 Å². The zero-order valence-electron chi connectivity index (χ0n) is 12.6. The maximum absolute atomic E-state index is 13.4. The number of ether oxygens (including phenoxy) is 1. The first-order valence-electron chi connectivity index (χ1n) is 7.12. The number of aliphatic hydroxyl groups excluding tert-OH is 1. The van der Waals surface area contributed by atoms with Gasteiger partial charge in [0.15, 0.2) is 11.6 Å². The molecule has 0 aromatic heterocycles. The molecule has 0 aliphatic heterocycles. The third kappa shape index (κ3) is 4.97. The second kappa shape index (κ2) is 8.36. The third-order valence-electron chi connectivity index (χ3n) is 3.47. The fraction of sp³-hybridized carbons (Fsp3) is 0.294. The van der Waals surface area contributed by atoms with E-state index in [1.54, 1.807) is 24.3 Å². The van der Waals surface area contributed by atoms with E-state index in [4.69, 9.17) is 16.3 Å². The van der Waals surface area contributed by atoms with Crippen LogP contribution in [0.2, 0.25) is 5.02 Å². The molecule has 2 N–H and O–H groups in total. The van der Waals surface area contributed by atoms with Crippen molar-refractivity contribution in [1.82, 2.24) is 5.32 Å². The Hall–Kier alpha value is -1.53. The summed E-state index contributed by atoms with van der Waals surface area (Å²) in [6, 6.07) is 10.2. The number of benzene rings is 2. The molecule has 23 heavy (non-hydrogen) atoms. The summed E-state index contributed by atoms with van der Waals surface area (Å²) in [4.78, 5) is 0. The first-order valence-corrected chi connectivity index (χ1v) is 7.50. The van der Waals surface area contributed by atoms with Crippen LogP contribution in [0.25, 0.3) is 0 Å². The van der Waals surface area contributed by atoms with Crippen LogP contribution in [0.3, 0.4) is 0 Å². The average molecular weight is 342 g/mol. The van der Waals surface area contributed by atoms with E-state index >= 15 is 0 Å². The van der Waals surface area contributed by atoms with E-state index in [1.807, 2.05) is 0 Å². The Labute approximate surface area is 138 Å². The Balaban J connectivity index is 2.05. The number of hydrogen-bond acceptors (Lipinski definition) is 3. The van der Waals surface area contributed by atoms with Crippen molar-refractivity contribution in [2.24, 2.45) is 0 Å². The summed E-state index contributed by atoms with van der Waals surface area (Å²) in [7, 11) is 1.52. The van der Waals surface area contributed by atoms with Gasteiger partial charge in [0.1, 0.15) is 0 Å². The fourth-order valence-corrected chi connectivity index (χ4v) is 2.45. The molecule has 0 spiro atoms. The molecule has 3 nitrogen and oxygen atoms in total. The highest BCUT2D eigenvalue weighted by Crippen LogP contribution is 2.20. The van der Waals surface area contributed by atoms with Crippen LogP contribution in [0, 0.1) is 11.6 Å². The van der Waals surface area contributed by atoms with Gasteiger partial charge in [-0.25, -0.2) is 8.78 Å². The van der Waals surface area contributed by atoms with Gasteiger partial charge >= 0.3 is 0 Å². The molecule has 0 fully saturated rings. The molecule has 0 radical (unpaired) electrons. The lowest BCUT2D eigenvalue weighted by molar-refractivity contribution is 0.139. The number of methoxy groups -OCH3 is 1. The Kier molecular flexibility index (Phi) is 6.47. The Bertz CT molecular complexity index is 654. The predicted molar refractivity (Wildman–Crippen MR) is 85.4 cm³/mol. The maximum atomic E-state index is 13.4. The largest absolute Gasteiger partial charge is 0.387 e. The second-order valence-corrected chi connectivity index (χ2v) is 5.60. The summed E-state index contributed by atoms with van der Waals surface area (Å²) in [6.45, 7) is 0.473. The van der Waals surface area contributed by atoms with Crippen molar-refractivity contribution in [3.8, 4) is 0 Å². The number of rotatable bonds is 7. The smallest absolute Gasteiger partial charge is 0.159 e. The summed E-state index contributed by atoms with van der Waals surface area (Å²) in [5, 5.41) is 13.8. The number of hydrogen-bond donors (Lipinski definition) is 2. The number of halogens is 3. The van der Waals surface area contributed by atoms with E-state index in [0.29, 0.717) is 16.1 Å². The predicted octanol–water partition coefficient (Wildman–Crippen LogP) is 3.63. The highest BCUT2D eigenvalue weighted by molar-refractivity contribution is 6.30. The summed E-state index contributed by atoms with van der Waals surface area (Å²) < 4.78 is 31.5. The van der Waals surface area contributed by atoms with E-state index in [1.165, 1.54) is 13.2 Å². The van der Waals surface area contributed by atoms with Crippen molar-refractivity contribution in [3.05, 3.63) is 70.2 Å². The molecule has 2 atom stereocenters. The van der Waals surface area contributed by atoms with Gasteiger partial charge in [-0.15, -0.1) is 0 Å². The topological polar surface area (TPSA) is 41.5 Å². The molecule has 0 amide bonds. The third-order valence-corrected chi connectivity index (χ3v) is 3.71. The molecule has 0 bridgehead atoms. The summed E-state index contributed by atoms with van der Waals surface area (Å²) in [5.74, 6) is -1.82. The summed E-state index contributed by atoms with van der Waals surface area (Å²) >= 11 is 5.90. The Morgan fingerprint density at radius 2 is 1.91 bits per heavy atom. The van der Waals surface area contributed by atoms with Crippen molar-refractivity contribution in [3.63, 3.8) is 0 Å². The first-order chi connectivity index (χ1) is 11.0. The van der Waals surface area contributed by atoms with Crippen molar-refractivity contribution < 1.29 is 18.6 Å². The van der Waals surface area contributed by atoms with Crippen LogP contribution in [-0.2, 0) is 4.74 Å². The van der Waals surface area contributed by atoms with Gasteiger partial charge in [0, 0.05) is 18.7 Å². The van der Waals surface area contributed by atoms with E-state index in [0.717, 1.165) is 12.1 Å². The van der Waals surface area contributed by atoms with Crippen LogP contribution in [-0.4, -0.2) is 25.4 Å². The van der Waals surface area contributed by atoms with Gasteiger partial charge < -0.3 is 15.2 Å². The maximum Gasteiger partial charge on any atom is 0.159 e. The minimum Gasteiger partial charge on any atom is -0.387 e. The minimum absolute atomic E-state index is 0.216. The highest BCUT2D eigenvalue weighted by Gasteiger charge is 2.16. The van der Waals surface area contributed by atoms with Gasteiger partial charge in [-0.1, -0.05) is 29.8 Å². The molecule has 124 valence electrons. The van der Waals surface area contributed by atoms with Gasteiger partial charge in [-0.2, -0.15) is 0 Å². The molecule has 6 heteroatoms. The monoisotopic (exact) mass is 341 g/mol. The molecule has 0 heterocycles. The molecule has 0 aliphatic rings. The van der Waals surface area contributed by atoms with E-state index in [9.17, 15) is 13.9 Å². The van der Waals surface area contributed by atoms with Gasteiger partial charge in [0.2, 0.25) is 0 Å². The zero-order valence-corrected chi connectivity index (χ0v) is 13.4. The minimum atomic E-state index is -0.916. The van der Waals surface area contributed by atoms with Crippen LogP contribution in [0.1, 0.15) is 23.3 Å². The lowest BCUT2D eigenvalue weighted by atomic mass is 10.1. The quantitative estimate of drug-likeness (QED) is 0.808. The van der Waals surface area contributed by atoms with Crippen LogP contribution in [0.15, 0.2) is 42.5 Å². The lowest BCUT2D eigenvalue weighted by Crippen LogP contribution is -2.29. The molecule has 2 rings (SSSR count). The van der Waals surface area contributed by atoms with E-state index < -0.39 is 17.7 Å². The Morgan fingerprint density at radius 1 is 1.13 bits per heavy atom. The average Bonchev–Trinajstić information content (AvgIpc) is 2.54. The molecule has 2 aromatic carbocycles. The molecular weight excluding hydrogens is 324 g/mol. The van der Waals surface area contributed by atoms with Gasteiger partial charge in [0.25, 0.3) is 0 Å². The SMILES string of the molecule is COCC(NCC(O)c1cccc(Cl)c1)c1ccc(F)c(F)c1. The van der Waals surface area contributed by atoms with Crippen molar-refractivity contribution in [1.29, 1.82) is 0 Å². The highest BCUT2D eigenvalue weighted by atomic mass is 35.5. The van der Waals surface area contributed by atoms with Gasteiger partial charge in [-0.3, -0.25) is 0 Å². The lowest BCUT2D eigenvalue weighted by Gasteiger charge is -2.21. The molecule has 0 aliphatic carbocycles. The molecule has 2 aromatic rings. The number of nitrogens with one attached hydrogen (secondary N) is 1. The normalized spacial score (nSPS) is 13.8. The molecule has 0 saturated heterocycles. The standard InChI is InChI=1S/C17H18ClF2NO2/c1-23-10-16(11-5-6-14(19)15(20)8-11)21-9-17(22)12-3-2-4-13(18)7-12/h2-8,16-17,21-22H,9-10H2,1H3. The molecule has 0 saturated carbocycles. The van der Waals surface area contributed by atoms with Gasteiger partial charge in [0.05, 0.1) is 18.8 Å².